The first-order valence-corrected chi connectivity index (χ1v) is 8.32. The third-order valence-electron chi connectivity index (χ3n) is 4.81. The second-order valence-electron chi connectivity index (χ2n) is 6.50. The molecule has 1 aromatic rings. The summed E-state index contributed by atoms with van der Waals surface area (Å²) >= 11 is 0. The summed E-state index contributed by atoms with van der Waals surface area (Å²) < 4.78 is 43.7. The number of halogens is 3. The van der Waals surface area contributed by atoms with E-state index in [9.17, 15) is 18.3 Å². The lowest BCUT2D eigenvalue weighted by molar-refractivity contribution is -0.137. The fourth-order valence-corrected chi connectivity index (χ4v) is 3.57. The molecule has 3 rings (SSSR count). The van der Waals surface area contributed by atoms with Gasteiger partial charge in [0.2, 0.25) is 0 Å². The van der Waals surface area contributed by atoms with Gasteiger partial charge in [-0.3, -0.25) is 9.80 Å². The minimum absolute atomic E-state index is 0.117. The Morgan fingerprint density at radius 2 is 1.92 bits per heavy atom. The number of rotatable bonds is 3. The maximum Gasteiger partial charge on any atom is 0.416 e. The van der Waals surface area contributed by atoms with Crippen molar-refractivity contribution in [2.24, 2.45) is 0 Å². The largest absolute Gasteiger partial charge is 0.416 e. The van der Waals surface area contributed by atoms with Crippen molar-refractivity contribution < 1.29 is 23.0 Å². The topological polar surface area (TPSA) is 35.9 Å². The third-order valence-corrected chi connectivity index (χ3v) is 4.81. The average Bonchev–Trinajstić information content (AvgIpc) is 2.55. The molecule has 2 atom stereocenters. The van der Waals surface area contributed by atoms with Gasteiger partial charge in [0.15, 0.2) is 0 Å². The molecular formula is C17H23F3N2O2. The highest BCUT2D eigenvalue weighted by Crippen LogP contribution is 2.30. The number of ether oxygens (including phenoxy) is 1. The summed E-state index contributed by atoms with van der Waals surface area (Å²) in [6.07, 6.45) is -3.98. The van der Waals surface area contributed by atoms with Crippen LogP contribution in [0.15, 0.2) is 24.3 Å². The maximum absolute atomic E-state index is 12.8. The van der Waals surface area contributed by atoms with Crippen molar-refractivity contribution in [1.82, 2.24) is 9.80 Å². The second kappa shape index (κ2) is 7.39. The zero-order valence-electron chi connectivity index (χ0n) is 13.5. The molecule has 0 unspecified atom stereocenters. The molecule has 0 amide bonds. The number of piperidine rings is 1. The fraction of sp³-hybridized carbons (Fsp3) is 0.647. The number of likely N-dealkylation sites (tertiary alicyclic amines) is 1. The zero-order chi connectivity index (χ0) is 17.2. The molecule has 0 radical (unpaired) electrons. The highest BCUT2D eigenvalue weighted by atomic mass is 19.4. The van der Waals surface area contributed by atoms with E-state index in [1.165, 1.54) is 12.1 Å². The summed E-state index contributed by atoms with van der Waals surface area (Å²) in [5, 5.41) is 10.4. The van der Waals surface area contributed by atoms with Crippen LogP contribution < -0.4 is 0 Å². The molecule has 0 aliphatic carbocycles. The normalized spacial score (nSPS) is 27.3. The molecule has 0 spiro atoms. The van der Waals surface area contributed by atoms with Gasteiger partial charge < -0.3 is 9.84 Å². The first-order chi connectivity index (χ1) is 11.4. The summed E-state index contributed by atoms with van der Waals surface area (Å²) in [5.74, 6) is 0. The van der Waals surface area contributed by atoms with E-state index >= 15 is 0 Å². The monoisotopic (exact) mass is 344 g/mol. The second-order valence-corrected chi connectivity index (χ2v) is 6.50. The van der Waals surface area contributed by atoms with Crippen molar-refractivity contribution in [3.8, 4) is 0 Å². The van der Waals surface area contributed by atoms with Crippen LogP contribution in [0.25, 0.3) is 0 Å². The molecule has 2 fully saturated rings. The molecule has 7 heteroatoms. The van der Waals surface area contributed by atoms with Crippen LogP contribution in [0.4, 0.5) is 13.2 Å². The molecule has 2 saturated heterocycles. The zero-order valence-corrected chi connectivity index (χ0v) is 13.5. The number of benzene rings is 1. The lowest BCUT2D eigenvalue weighted by atomic mass is 9.99. The number of β-amino-alcohol motifs (C(OH)–C–C–N with tert-alkyl or cyclic N) is 1. The van der Waals surface area contributed by atoms with Gasteiger partial charge in [-0.25, -0.2) is 0 Å². The third kappa shape index (κ3) is 4.27. The quantitative estimate of drug-likeness (QED) is 0.910. The Balaban J connectivity index is 1.58. The predicted molar refractivity (Wildman–Crippen MR) is 83.5 cm³/mol. The summed E-state index contributed by atoms with van der Waals surface area (Å²) in [6, 6.07) is 5.54. The summed E-state index contributed by atoms with van der Waals surface area (Å²) in [6.45, 7) is 4.73. The first-order valence-electron chi connectivity index (χ1n) is 8.32. The Kier molecular flexibility index (Phi) is 5.44. The lowest BCUT2D eigenvalue weighted by Gasteiger charge is -2.43. The highest BCUT2D eigenvalue weighted by Gasteiger charge is 2.33. The van der Waals surface area contributed by atoms with Gasteiger partial charge in [0.1, 0.15) is 0 Å². The Morgan fingerprint density at radius 3 is 2.58 bits per heavy atom. The number of aliphatic hydroxyl groups excluding tert-OH is 1. The predicted octanol–water partition coefficient (Wildman–Crippen LogP) is 1.97. The van der Waals surface area contributed by atoms with Crippen molar-refractivity contribution >= 4 is 0 Å². The molecule has 0 aromatic heterocycles. The minimum atomic E-state index is -4.32. The van der Waals surface area contributed by atoms with Crippen molar-refractivity contribution in [3.05, 3.63) is 35.4 Å². The van der Waals surface area contributed by atoms with Crippen molar-refractivity contribution in [2.75, 3.05) is 39.4 Å². The Morgan fingerprint density at radius 1 is 1.17 bits per heavy atom. The molecule has 1 N–H and O–H groups in total. The molecule has 4 nitrogen and oxygen atoms in total. The van der Waals surface area contributed by atoms with Gasteiger partial charge in [-0.05, 0) is 18.1 Å². The summed E-state index contributed by atoms with van der Waals surface area (Å²) in [7, 11) is 0. The van der Waals surface area contributed by atoms with Crippen LogP contribution in [-0.2, 0) is 17.5 Å². The number of morpholine rings is 1. The van der Waals surface area contributed by atoms with Crippen LogP contribution in [0.1, 0.15) is 17.5 Å². The van der Waals surface area contributed by atoms with E-state index in [4.69, 9.17) is 4.74 Å². The van der Waals surface area contributed by atoms with Gasteiger partial charge in [0.25, 0.3) is 0 Å². The molecule has 2 aliphatic rings. The molecule has 24 heavy (non-hydrogen) atoms. The molecule has 134 valence electrons. The standard InChI is InChI=1S/C17H23F3N2O2/c18-17(19,20)14-3-1-2-13(10-14)11-21-5-4-15(16(23)12-21)22-6-8-24-9-7-22/h1-3,10,15-16,23H,4-9,11-12H2/t15-,16-/m1/s1. The van der Waals surface area contributed by atoms with Crippen molar-refractivity contribution in [1.29, 1.82) is 0 Å². The van der Waals surface area contributed by atoms with Gasteiger partial charge >= 0.3 is 6.18 Å². The Bertz CT molecular complexity index is 547. The van der Waals surface area contributed by atoms with Crippen LogP contribution in [-0.4, -0.2) is 66.4 Å². The van der Waals surface area contributed by atoms with E-state index in [0.717, 1.165) is 32.1 Å². The van der Waals surface area contributed by atoms with Gasteiger partial charge in [-0.1, -0.05) is 18.2 Å². The molecule has 0 bridgehead atoms. The average molecular weight is 344 g/mol. The van der Waals surface area contributed by atoms with Crippen LogP contribution in [0, 0.1) is 0 Å². The smallest absolute Gasteiger partial charge is 0.390 e. The molecule has 0 saturated carbocycles. The van der Waals surface area contributed by atoms with Crippen LogP contribution in [0.3, 0.4) is 0 Å². The van der Waals surface area contributed by atoms with E-state index in [-0.39, 0.29) is 6.04 Å². The number of nitrogens with zero attached hydrogens (tertiary/aromatic N) is 2. The number of hydrogen-bond acceptors (Lipinski definition) is 4. The SMILES string of the molecule is O[C@@H]1CN(Cc2cccc(C(F)(F)F)c2)CC[C@H]1N1CCOCC1. The van der Waals surface area contributed by atoms with Gasteiger partial charge in [0, 0.05) is 38.8 Å². The van der Waals surface area contributed by atoms with E-state index in [1.54, 1.807) is 6.07 Å². The van der Waals surface area contributed by atoms with E-state index in [1.807, 2.05) is 4.90 Å². The number of hydrogen-bond donors (Lipinski definition) is 1. The van der Waals surface area contributed by atoms with E-state index in [2.05, 4.69) is 4.90 Å². The summed E-state index contributed by atoms with van der Waals surface area (Å²) in [4.78, 5) is 4.28. The lowest BCUT2D eigenvalue weighted by Crippen LogP contribution is -2.56. The van der Waals surface area contributed by atoms with Gasteiger partial charge in [0.05, 0.1) is 24.9 Å². The Labute approximate surface area is 139 Å². The number of aliphatic hydroxyl groups is 1. The summed E-state index contributed by atoms with van der Waals surface area (Å²) in [5.41, 5.74) is 0.00518. The number of alkyl halides is 3. The van der Waals surface area contributed by atoms with E-state index < -0.39 is 17.8 Å². The van der Waals surface area contributed by atoms with Gasteiger partial charge in [-0.15, -0.1) is 0 Å². The van der Waals surface area contributed by atoms with Crippen LogP contribution in [0.5, 0.6) is 0 Å². The first kappa shape index (κ1) is 17.7. The van der Waals surface area contributed by atoms with Crippen molar-refractivity contribution in [3.63, 3.8) is 0 Å². The minimum Gasteiger partial charge on any atom is -0.390 e. The maximum atomic E-state index is 12.8. The van der Waals surface area contributed by atoms with Crippen LogP contribution in [0.2, 0.25) is 0 Å². The highest BCUT2D eigenvalue weighted by molar-refractivity contribution is 5.25. The molecule has 1 aromatic carbocycles. The van der Waals surface area contributed by atoms with Crippen molar-refractivity contribution in [2.45, 2.75) is 31.3 Å². The van der Waals surface area contributed by atoms with Gasteiger partial charge in [-0.2, -0.15) is 13.2 Å². The molecule has 2 heterocycles. The molecule has 2 aliphatic heterocycles. The Hall–Kier alpha value is -1.15. The van der Waals surface area contributed by atoms with E-state index in [0.29, 0.717) is 31.9 Å². The van der Waals surface area contributed by atoms with Crippen LogP contribution >= 0.6 is 0 Å². The fourth-order valence-electron chi connectivity index (χ4n) is 3.57. The molecular weight excluding hydrogens is 321 g/mol.